The van der Waals surface area contributed by atoms with Crippen LogP contribution < -0.4 is 10.0 Å². The summed E-state index contributed by atoms with van der Waals surface area (Å²) >= 11 is 0. The molecule has 0 spiro atoms. The van der Waals surface area contributed by atoms with Crippen LogP contribution in [0.1, 0.15) is 41.0 Å². The van der Waals surface area contributed by atoms with E-state index in [1.165, 1.54) is 0 Å². The molecule has 0 aliphatic rings. The summed E-state index contributed by atoms with van der Waals surface area (Å²) in [5.41, 5.74) is 0.0604. The fourth-order valence-corrected chi connectivity index (χ4v) is 2.52. The van der Waals surface area contributed by atoms with Crippen LogP contribution in [0.3, 0.4) is 0 Å². The van der Waals surface area contributed by atoms with Crippen molar-refractivity contribution in [3.63, 3.8) is 0 Å². The van der Waals surface area contributed by atoms with Gasteiger partial charge in [0.05, 0.1) is 5.75 Å². The van der Waals surface area contributed by atoms with Crippen LogP contribution in [0, 0.1) is 5.41 Å². The SMILES string of the molecule is CC(C)NCCNS(=O)(=O)CCC(C)(C)C. The van der Waals surface area contributed by atoms with Crippen LogP contribution in [0.25, 0.3) is 0 Å². The van der Waals surface area contributed by atoms with E-state index in [0.717, 1.165) is 0 Å². The summed E-state index contributed by atoms with van der Waals surface area (Å²) in [6.45, 7) is 11.3. The van der Waals surface area contributed by atoms with Crippen molar-refractivity contribution in [3.8, 4) is 0 Å². The van der Waals surface area contributed by atoms with E-state index < -0.39 is 10.0 Å². The Kier molecular flexibility index (Phi) is 6.51. The van der Waals surface area contributed by atoms with Gasteiger partial charge in [-0.2, -0.15) is 0 Å². The molecule has 0 saturated carbocycles. The second-order valence-corrected chi connectivity index (χ2v) is 7.56. The van der Waals surface area contributed by atoms with Crippen LogP contribution >= 0.6 is 0 Å². The summed E-state index contributed by atoms with van der Waals surface area (Å²) in [5, 5.41) is 3.16. The van der Waals surface area contributed by atoms with Gasteiger partial charge in [-0.05, 0) is 11.8 Å². The highest BCUT2D eigenvalue weighted by Gasteiger charge is 2.16. The Morgan fingerprint density at radius 1 is 1.12 bits per heavy atom. The quantitative estimate of drug-likeness (QED) is 0.670. The van der Waals surface area contributed by atoms with Crippen molar-refractivity contribution in [3.05, 3.63) is 0 Å². The van der Waals surface area contributed by atoms with Gasteiger partial charge in [0, 0.05) is 19.1 Å². The first-order valence-corrected chi connectivity index (χ1v) is 7.48. The second-order valence-electron chi connectivity index (χ2n) is 5.63. The zero-order valence-corrected chi connectivity index (χ0v) is 11.9. The highest BCUT2D eigenvalue weighted by molar-refractivity contribution is 7.89. The van der Waals surface area contributed by atoms with Crippen LogP contribution in [0.15, 0.2) is 0 Å². The molecule has 0 saturated heterocycles. The van der Waals surface area contributed by atoms with E-state index in [9.17, 15) is 8.42 Å². The molecular weight excluding hydrogens is 224 g/mol. The second kappa shape index (κ2) is 6.57. The molecule has 0 fully saturated rings. The molecule has 0 bridgehead atoms. The van der Waals surface area contributed by atoms with Crippen molar-refractivity contribution in [2.45, 2.75) is 47.1 Å². The molecule has 98 valence electrons. The summed E-state index contributed by atoms with van der Waals surface area (Å²) in [5.74, 6) is 0.207. The maximum atomic E-state index is 11.6. The molecule has 0 aromatic heterocycles. The first kappa shape index (κ1) is 15.9. The van der Waals surface area contributed by atoms with E-state index in [0.29, 0.717) is 25.6 Å². The van der Waals surface area contributed by atoms with E-state index in [4.69, 9.17) is 0 Å². The Morgan fingerprint density at radius 3 is 2.12 bits per heavy atom. The smallest absolute Gasteiger partial charge is 0.211 e. The largest absolute Gasteiger partial charge is 0.313 e. The van der Waals surface area contributed by atoms with Crippen molar-refractivity contribution in [2.75, 3.05) is 18.8 Å². The Hall–Kier alpha value is -0.130. The van der Waals surface area contributed by atoms with Crippen LogP contribution in [0.2, 0.25) is 0 Å². The van der Waals surface area contributed by atoms with E-state index in [2.05, 4.69) is 10.0 Å². The van der Waals surface area contributed by atoms with Crippen molar-refractivity contribution >= 4 is 10.0 Å². The summed E-state index contributed by atoms with van der Waals surface area (Å²) in [4.78, 5) is 0. The lowest BCUT2D eigenvalue weighted by atomic mass is 9.94. The van der Waals surface area contributed by atoms with Crippen molar-refractivity contribution in [1.29, 1.82) is 0 Å². The normalized spacial score (nSPS) is 13.4. The predicted octanol–water partition coefficient (Wildman–Crippen LogP) is 1.34. The molecule has 16 heavy (non-hydrogen) atoms. The van der Waals surface area contributed by atoms with Crippen LogP contribution in [0.4, 0.5) is 0 Å². The maximum absolute atomic E-state index is 11.6. The molecule has 0 radical (unpaired) electrons. The molecule has 0 amide bonds. The molecule has 0 aromatic carbocycles. The van der Waals surface area contributed by atoms with E-state index in [1.54, 1.807) is 0 Å². The number of hydrogen-bond donors (Lipinski definition) is 2. The summed E-state index contributed by atoms with van der Waals surface area (Å²) in [6, 6.07) is 0.388. The third kappa shape index (κ3) is 10.4. The van der Waals surface area contributed by atoms with Crippen LogP contribution in [0.5, 0.6) is 0 Å². The van der Waals surface area contributed by atoms with Gasteiger partial charge in [-0.25, -0.2) is 13.1 Å². The molecule has 5 heteroatoms. The lowest BCUT2D eigenvalue weighted by Gasteiger charge is -2.18. The Labute approximate surface area is 100 Å². The maximum Gasteiger partial charge on any atom is 0.211 e. The van der Waals surface area contributed by atoms with Gasteiger partial charge in [0.2, 0.25) is 10.0 Å². The zero-order chi connectivity index (χ0) is 12.8. The topological polar surface area (TPSA) is 58.2 Å². The minimum absolute atomic E-state index is 0.0604. The minimum Gasteiger partial charge on any atom is -0.313 e. The van der Waals surface area contributed by atoms with Gasteiger partial charge < -0.3 is 5.32 Å². The monoisotopic (exact) mass is 250 g/mol. The molecule has 0 rings (SSSR count). The fourth-order valence-electron chi connectivity index (χ4n) is 1.08. The number of sulfonamides is 1. The van der Waals surface area contributed by atoms with Crippen LogP contribution in [-0.4, -0.2) is 33.3 Å². The predicted molar refractivity (Wildman–Crippen MR) is 69.0 cm³/mol. The number of hydrogen-bond acceptors (Lipinski definition) is 3. The molecule has 0 unspecified atom stereocenters. The van der Waals surface area contributed by atoms with Gasteiger partial charge in [0.15, 0.2) is 0 Å². The van der Waals surface area contributed by atoms with Gasteiger partial charge in [-0.15, -0.1) is 0 Å². The van der Waals surface area contributed by atoms with Gasteiger partial charge in [0.25, 0.3) is 0 Å². The van der Waals surface area contributed by atoms with E-state index >= 15 is 0 Å². The standard InChI is InChI=1S/C11H26N2O2S/c1-10(2)12-7-8-13-16(14,15)9-6-11(3,4)5/h10,12-13H,6-9H2,1-5H3. The van der Waals surface area contributed by atoms with Gasteiger partial charge in [-0.1, -0.05) is 34.6 Å². The summed E-state index contributed by atoms with van der Waals surface area (Å²) in [6.07, 6.45) is 0.680. The Bertz CT molecular complexity index is 279. The van der Waals surface area contributed by atoms with Crippen LogP contribution in [-0.2, 0) is 10.0 Å². The fraction of sp³-hybridized carbons (Fsp3) is 1.00. The molecule has 0 atom stereocenters. The molecule has 0 aliphatic heterocycles. The lowest BCUT2D eigenvalue weighted by Crippen LogP contribution is -2.36. The highest BCUT2D eigenvalue weighted by atomic mass is 32.2. The van der Waals surface area contributed by atoms with Crippen molar-refractivity contribution in [1.82, 2.24) is 10.0 Å². The minimum atomic E-state index is -3.10. The summed E-state index contributed by atoms with van der Waals surface area (Å²) in [7, 11) is -3.10. The first-order chi connectivity index (χ1) is 7.12. The Morgan fingerprint density at radius 2 is 1.69 bits per heavy atom. The van der Waals surface area contributed by atoms with Gasteiger partial charge >= 0.3 is 0 Å². The highest BCUT2D eigenvalue weighted by Crippen LogP contribution is 2.18. The molecule has 4 nitrogen and oxygen atoms in total. The third-order valence-corrected chi connectivity index (χ3v) is 3.51. The number of rotatable bonds is 7. The first-order valence-electron chi connectivity index (χ1n) is 5.83. The van der Waals surface area contributed by atoms with E-state index in [1.807, 2.05) is 34.6 Å². The lowest BCUT2D eigenvalue weighted by molar-refractivity contribution is 0.396. The Balaban J connectivity index is 3.80. The average molecular weight is 250 g/mol. The van der Waals surface area contributed by atoms with Crippen molar-refractivity contribution < 1.29 is 8.42 Å². The molecular formula is C11H26N2O2S. The molecule has 2 N–H and O–H groups in total. The number of nitrogens with one attached hydrogen (secondary N) is 2. The zero-order valence-electron chi connectivity index (χ0n) is 11.1. The third-order valence-electron chi connectivity index (χ3n) is 2.12. The molecule has 0 aromatic rings. The van der Waals surface area contributed by atoms with Gasteiger partial charge in [0.1, 0.15) is 0 Å². The van der Waals surface area contributed by atoms with Crippen molar-refractivity contribution in [2.24, 2.45) is 5.41 Å². The summed E-state index contributed by atoms with van der Waals surface area (Å²) < 4.78 is 25.8. The molecule has 0 aliphatic carbocycles. The van der Waals surface area contributed by atoms with Gasteiger partial charge in [-0.3, -0.25) is 0 Å². The van der Waals surface area contributed by atoms with E-state index in [-0.39, 0.29) is 11.2 Å². The average Bonchev–Trinajstić information content (AvgIpc) is 2.08. The molecule has 0 heterocycles.